The van der Waals surface area contributed by atoms with Gasteiger partial charge in [0.1, 0.15) is 0 Å². The highest BCUT2D eigenvalue weighted by molar-refractivity contribution is 7.90. The molecule has 0 aromatic carbocycles. The molecule has 1 amide bonds. The third-order valence-corrected chi connectivity index (χ3v) is 6.54. The number of amides is 1. The van der Waals surface area contributed by atoms with Crippen molar-refractivity contribution in [1.29, 1.82) is 0 Å². The molecule has 0 radical (unpaired) electrons. The molecule has 1 N–H and O–H groups in total. The zero-order chi connectivity index (χ0) is 16.7. The molecule has 4 rings (SSSR count). The van der Waals surface area contributed by atoms with Gasteiger partial charge < -0.3 is 15.1 Å². The van der Waals surface area contributed by atoms with Crippen LogP contribution < -0.4 is 5.32 Å². The average molecular weight is 387 g/mol. The zero-order valence-corrected chi connectivity index (χ0v) is 15.6. The molecular formula is C16H23ClN4O3S. The first-order valence-corrected chi connectivity index (χ1v) is 10.1. The Morgan fingerprint density at radius 2 is 1.84 bits per heavy atom. The second kappa shape index (κ2) is 7.09. The molecule has 4 aliphatic heterocycles. The molecule has 0 spiro atoms. The maximum absolute atomic E-state index is 13.0. The fraction of sp³-hybridized carbons (Fsp3) is 0.625. The van der Waals surface area contributed by atoms with Gasteiger partial charge in [-0.3, -0.25) is 4.79 Å². The first-order valence-electron chi connectivity index (χ1n) is 8.52. The van der Waals surface area contributed by atoms with Crippen LogP contribution in [0.1, 0.15) is 12.8 Å². The van der Waals surface area contributed by atoms with Crippen LogP contribution in [-0.4, -0.2) is 68.4 Å². The number of fused-ring (bicyclic) bond motifs is 2. The van der Waals surface area contributed by atoms with E-state index in [1.165, 1.54) is 0 Å². The lowest BCUT2D eigenvalue weighted by molar-refractivity contribution is -0.126. The SMILES string of the molecule is Cl.O=C(C1=CC=CN2CCS(=O)(=O)N=C12)N1CC[C@@H]2CNC[C@@H]2CC1. The summed E-state index contributed by atoms with van der Waals surface area (Å²) < 4.78 is 27.5. The zero-order valence-electron chi connectivity index (χ0n) is 13.9. The Hall–Kier alpha value is -1.38. The minimum Gasteiger partial charge on any atom is -0.339 e. The molecule has 0 aliphatic carbocycles. The van der Waals surface area contributed by atoms with Crippen LogP contribution in [0.3, 0.4) is 0 Å². The molecule has 0 aromatic rings. The van der Waals surface area contributed by atoms with Gasteiger partial charge in [0.25, 0.3) is 15.9 Å². The van der Waals surface area contributed by atoms with Crippen molar-refractivity contribution in [1.82, 2.24) is 15.1 Å². The summed E-state index contributed by atoms with van der Waals surface area (Å²) in [5.74, 6) is 1.45. The second-order valence-electron chi connectivity index (χ2n) is 6.86. The van der Waals surface area contributed by atoms with E-state index in [0.717, 1.165) is 39.0 Å². The molecule has 9 heteroatoms. The van der Waals surface area contributed by atoms with Crippen molar-refractivity contribution in [2.45, 2.75) is 12.8 Å². The first-order chi connectivity index (χ1) is 11.5. The van der Waals surface area contributed by atoms with Crippen LogP contribution in [0.2, 0.25) is 0 Å². The standard InChI is InChI=1S/C16H22N4O3S.ClH/c21-16(20-6-3-12-10-17-11-13(12)4-7-20)14-2-1-5-19-8-9-24(22,23)18-15(14)19;/h1-2,5,12-13,17H,3-4,6-11H2;1H/t12-,13+;. The highest BCUT2D eigenvalue weighted by atomic mass is 35.5. The van der Waals surface area contributed by atoms with E-state index >= 15 is 0 Å². The summed E-state index contributed by atoms with van der Waals surface area (Å²) >= 11 is 0. The van der Waals surface area contributed by atoms with Crippen LogP contribution in [0.5, 0.6) is 0 Å². The van der Waals surface area contributed by atoms with Crippen LogP contribution in [-0.2, 0) is 14.8 Å². The minimum atomic E-state index is -3.48. The quantitative estimate of drug-likeness (QED) is 0.703. The van der Waals surface area contributed by atoms with Crippen molar-refractivity contribution in [3.8, 4) is 0 Å². The van der Waals surface area contributed by atoms with E-state index in [1.807, 2.05) is 4.90 Å². The molecule has 0 bridgehead atoms. The maximum atomic E-state index is 13.0. The van der Waals surface area contributed by atoms with E-state index in [2.05, 4.69) is 9.71 Å². The fourth-order valence-corrected chi connectivity index (χ4v) is 4.96. The lowest BCUT2D eigenvalue weighted by Gasteiger charge is -2.31. The number of sulfonamides is 1. The molecule has 2 fully saturated rings. The van der Waals surface area contributed by atoms with Crippen molar-refractivity contribution in [2.24, 2.45) is 16.2 Å². The van der Waals surface area contributed by atoms with E-state index in [0.29, 0.717) is 24.0 Å². The van der Waals surface area contributed by atoms with Gasteiger partial charge in [-0.2, -0.15) is 0 Å². The van der Waals surface area contributed by atoms with Crippen LogP contribution in [0, 0.1) is 11.8 Å². The van der Waals surface area contributed by atoms with Crippen molar-refractivity contribution >= 4 is 34.2 Å². The lowest BCUT2D eigenvalue weighted by atomic mass is 9.92. The molecule has 4 aliphatic rings. The number of hydrogen-bond donors (Lipinski definition) is 1. The van der Waals surface area contributed by atoms with Gasteiger partial charge in [-0.1, -0.05) is 0 Å². The molecule has 2 saturated heterocycles. The number of hydrogen-bond acceptors (Lipinski definition) is 5. The van der Waals surface area contributed by atoms with Crippen molar-refractivity contribution in [3.05, 3.63) is 23.9 Å². The summed E-state index contributed by atoms with van der Waals surface area (Å²) in [5.41, 5.74) is 0.394. The summed E-state index contributed by atoms with van der Waals surface area (Å²) in [7, 11) is -3.48. The minimum absolute atomic E-state index is 0. The Balaban J connectivity index is 0.00000182. The lowest BCUT2D eigenvalue weighted by Crippen LogP contribution is -2.44. The Morgan fingerprint density at radius 1 is 1.16 bits per heavy atom. The monoisotopic (exact) mass is 386 g/mol. The van der Waals surface area contributed by atoms with Gasteiger partial charge in [0.2, 0.25) is 0 Å². The first kappa shape index (κ1) is 18.4. The number of allylic oxidation sites excluding steroid dienone is 2. The Labute approximate surface area is 154 Å². The highest BCUT2D eigenvalue weighted by Gasteiger charge is 2.35. The number of rotatable bonds is 1. The average Bonchev–Trinajstić information content (AvgIpc) is 2.91. The van der Waals surface area contributed by atoms with Crippen LogP contribution in [0.15, 0.2) is 28.3 Å². The Bertz CT molecular complexity index is 732. The Morgan fingerprint density at radius 3 is 2.52 bits per heavy atom. The normalized spacial score (nSPS) is 30.4. The van der Waals surface area contributed by atoms with E-state index < -0.39 is 10.0 Å². The predicted octanol–water partition coefficient (Wildman–Crippen LogP) is 0.364. The number of halogens is 1. The predicted molar refractivity (Wildman–Crippen MR) is 98.1 cm³/mol. The molecule has 0 unspecified atom stereocenters. The third kappa shape index (κ3) is 3.61. The molecule has 138 valence electrons. The van der Waals surface area contributed by atoms with Crippen molar-refractivity contribution in [2.75, 3.05) is 38.5 Å². The molecule has 0 aromatic heterocycles. The largest absolute Gasteiger partial charge is 0.339 e. The van der Waals surface area contributed by atoms with E-state index in [4.69, 9.17) is 0 Å². The van der Waals surface area contributed by atoms with Gasteiger partial charge in [-0.05, 0) is 49.9 Å². The summed E-state index contributed by atoms with van der Waals surface area (Å²) in [5, 5.41) is 3.43. The second-order valence-corrected chi connectivity index (χ2v) is 8.62. The topological polar surface area (TPSA) is 82.1 Å². The van der Waals surface area contributed by atoms with Gasteiger partial charge in [0, 0.05) is 25.8 Å². The smallest absolute Gasteiger partial charge is 0.257 e. The summed E-state index contributed by atoms with van der Waals surface area (Å²) in [6.45, 7) is 3.87. The number of nitrogens with zero attached hydrogens (tertiary/aromatic N) is 3. The van der Waals surface area contributed by atoms with E-state index in [-0.39, 0.29) is 29.9 Å². The third-order valence-electron chi connectivity index (χ3n) is 5.39. The van der Waals surface area contributed by atoms with Gasteiger partial charge >= 0.3 is 0 Å². The molecule has 4 heterocycles. The molecule has 2 atom stereocenters. The molecule has 0 saturated carbocycles. The van der Waals surface area contributed by atoms with Crippen molar-refractivity contribution in [3.63, 3.8) is 0 Å². The van der Waals surface area contributed by atoms with Crippen LogP contribution in [0.25, 0.3) is 0 Å². The van der Waals surface area contributed by atoms with E-state index in [9.17, 15) is 13.2 Å². The Kier molecular flexibility index (Phi) is 5.22. The number of carbonyl (C=O) groups excluding carboxylic acids is 1. The number of carbonyl (C=O) groups is 1. The fourth-order valence-electron chi connectivity index (χ4n) is 3.97. The van der Waals surface area contributed by atoms with Gasteiger partial charge in [-0.15, -0.1) is 16.8 Å². The molecular weight excluding hydrogens is 364 g/mol. The summed E-state index contributed by atoms with van der Waals surface area (Å²) in [6, 6.07) is 0. The van der Waals surface area contributed by atoms with Crippen LogP contribution in [0.4, 0.5) is 0 Å². The number of amidine groups is 1. The maximum Gasteiger partial charge on any atom is 0.257 e. The number of likely N-dealkylation sites (tertiary alicyclic amines) is 1. The molecule has 25 heavy (non-hydrogen) atoms. The van der Waals surface area contributed by atoms with Gasteiger partial charge in [0.05, 0.1) is 11.3 Å². The summed E-state index contributed by atoms with van der Waals surface area (Å²) in [6.07, 6.45) is 7.26. The van der Waals surface area contributed by atoms with E-state index in [1.54, 1.807) is 23.3 Å². The van der Waals surface area contributed by atoms with Crippen LogP contribution >= 0.6 is 12.4 Å². The van der Waals surface area contributed by atoms with Crippen molar-refractivity contribution < 1.29 is 13.2 Å². The van der Waals surface area contributed by atoms with Gasteiger partial charge in [0.15, 0.2) is 5.84 Å². The van der Waals surface area contributed by atoms with Gasteiger partial charge in [-0.25, -0.2) is 8.42 Å². The summed E-state index contributed by atoms with van der Waals surface area (Å²) in [4.78, 5) is 16.6. The highest BCUT2D eigenvalue weighted by Crippen LogP contribution is 2.28. The molecule has 7 nitrogen and oxygen atoms in total. The number of nitrogens with one attached hydrogen (secondary N) is 1.